The second-order valence-electron chi connectivity index (χ2n) is 7.26. The van der Waals surface area contributed by atoms with E-state index in [0.717, 1.165) is 9.54 Å². The average Bonchev–Trinajstić information content (AvgIpc) is 2.88. The predicted octanol–water partition coefficient (Wildman–Crippen LogP) is 4.75. The molecular weight excluding hydrogens is 477 g/mol. The minimum atomic E-state index is -3.98. The van der Waals surface area contributed by atoms with Gasteiger partial charge in [0.05, 0.1) is 14.0 Å². The van der Waals surface area contributed by atoms with Gasteiger partial charge in [-0.05, 0) is 68.5 Å². The number of carbonyl (C=O) groups excluding carboxylic acids is 1. The smallest absolute Gasteiger partial charge is 0.357 e. The number of nitrogens with zero attached hydrogens (tertiary/aromatic N) is 1. The summed E-state index contributed by atoms with van der Waals surface area (Å²) in [5.74, 6) is -0.668. The summed E-state index contributed by atoms with van der Waals surface area (Å²) >= 11 is 2.00. The fraction of sp³-hybridized carbons (Fsp3) is 0.250. The topological polar surface area (TPSA) is 65.4 Å². The molecular formula is C20H20INO4S. The van der Waals surface area contributed by atoms with E-state index in [4.69, 9.17) is 4.74 Å². The van der Waals surface area contributed by atoms with Crippen molar-refractivity contribution in [2.45, 2.75) is 38.2 Å². The van der Waals surface area contributed by atoms with Gasteiger partial charge in [0, 0.05) is 5.39 Å². The summed E-state index contributed by atoms with van der Waals surface area (Å²) in [7, 11) is -3.98. The molecule has 3 aromatic rings. The molecule has 0 bridgehead atoms. The zero-order valence-corrected chi connectivity index (χ0v) is 18.5. The Morgan fingerprint density at radius 3 is 2.22 bits per heavy atom. The van der Waals surface area contributed by atoms with Gasteiger partial charge in [0.1, 0.15) is 5.60 Å². The quantitative estimate of drug-likeness (QED) is 0.387. The lowest BCUT2D eigenvalue weighted by Crippen LogP contribution is -2.27. The molecule has 0 fully saturated rings. The van der Waals surface area contributed by atoms with Crippen LogP contribution in [0.25, 0.3) is 10.9 Å². The molecule has 0 aliphatic carbocycles. The fourth-order valence-electron chi connectivity index (χ4n) is 2.74. The summed E-state index contributed by atoms with van der Waals surface area (Å²) in [6, 6.07) is 13.6. The lowest BCUT2D eigenvalue weighted by molar-refractivity contribution is 0.00607. The Morgan fingerprint density at radius 1 is 1.04 bits per heavy atom. The standard InChI is InChI=1S/C20H20INO4S/c1-13-9-11-14(12-10-13)27(24,25)22-16-8-6-5-7-15(16)17(21)18(22)19(23)26-20(2,3)4/h5-12H,1-4H3. The third-order valence-corrected chi connectivity index (χ3v) is 6.74. The molecule has 2 aromatic carbocycles. The monoisotopic (exact) mass is 497 g/mol. The van der Waals surface area contributed by atoms with E-state index in [1.807, 2.05) is 35.6 Å². The van der Waals surface area contributed by atoms with Crippen molar-refractivity contribution in [2.75, 3.05) is 0 Å². The van der Waals surface area contributed by atoms with Crippen molar-refractivity contribution in [2.24, 2.45) is 0 Å². The Morgan fingerprint density at radius 2 is 1.63 bits per heavy atom. The van der Waals surface area contributed by atoms with Crippen molar-refractivity contribution in [1.29, 1.82) is 0 Å². The van der Waals surface area contributed by atoms with Crippen LogP contribution in [0.3, 0.4) is 0 Å². The minimum Gasteiger partial charge on any atom is -0.455 e. The van der Waals surface area contributed by atoms with Crippen molar-refractivity contribution >= 4 is 49.5 Å². The van der Waals surface area contributed by atoms with E-state index < -0.39 is 21.6 Å². The van der Waals surface area contributed by atoms with Crippen LogP contribution in [0, 0.1) is 10.5 Å². The highest BCUT2D eigenvalue weighted by atomic mass is 127. The maximum atomic E-state index is 13.4. The Hall–Kier alpha value is -1.87. The number of ether oxygens (including phenoxy) is 1. The number of halogens is 1. The number of para-hydroxylation sites is 1. The molecule has 0 saturated carbocycles. The maximum absolute atomic E-state index is 13.4. The van der Waals surface area contributed by atoms with Crippen LogP contribution in [0.4, 0.5) is 0 Å². The first-order valence-electron chi connectivity index (χ1n) is 8.37. The molecule has 142 valence electrons. The van der Waals surface area contributed by atoms with E-state index in [9.17, 15) is 13.2 Å². The SMILES string of the molecule is Cc1ccc(S(=O)(=O)n2c(C(=O)OC(C)(C)C)c(I)c3ccccc32)cc1. The van der Waals surface area contributed by atoms with Crippen molar-refractivity contribution in [3.05, 3.63) is 63.4 Å². The van der Waals surface area contributed by atoms with Gasteiger partial charge in [-0.1, -0.05) is 35.9 Å². The molecule has 0 atom stereocenters. The number of benzene rings is 2. The van der Waals surface area contributed by atoms with E-state index >= 15 is 0 Å². The van der Waals surface area contributed by atoms with E-state index in [-0.39, 0.29) is 10.6 Å². The Kier molecular flexibility index (Phi) is 5.11. The van der Waals surface area contributed by atoms with E-state index in [1.54, 1.807) is 63.2 Å². The van der Waals surface area contributed by atoms with Crippen LogP contribution in [0.15, 0.2) is 53.4 Å². The van der Waals surface area contributed by atoms with Crippen LogP contribution in [-0.4, -0.2) is 24.0 Å². The second kappa shape index (κ2) is 6.94. The molecule has 1 heterocycles. The third kappa shape index (κ3) is 3.75. The van der Waals surface area contributed by atoms with Gasteiger partial charge in [-0.3, -0.25) is 0 Å². The van der Waals surface area contributed by atoms with Gasteiger partial charge in [0.2, 0.25) is 0 Å². The highest BCUT2D eigenvalue weighted by Crippen LogP contribution is 2.32. The predicted molar refractivity (Wildman–Crippen MR) is 114 cm³/mol. The van der Waals surface area contributed by atoms with Gasteiger partial charge in [-0.2, -0.15) is 0 Å². The molecule has 0 N–H and O–H groups in total. The zero-order chi connectivity index (χ0) is 20.0. The molecule has 0 aliphatic rings. The lowest BCUT2D eigenvalue weighted by atomic mass is 10.2. The van der Waals surface area contributed by atoms with Gasteiger partial charge in [-0.25, -0.2) is 17.2 Å². The summed E-state index contributed by atoms with van der Waals surface area (Å²) in [6.45, 7) is 7.13. The number of aryl methyl sites for hydroxylation is 1. The molecule has 7 heteroatoms. The van der Waals surface area contributed by atoms with Gasteiger partial charge in [0.25, 0.3) is 10.0 Å². The molecule has 3 rings (SSSR count). The van der Waals surface area contributed by atoms with Crippen molar-refractivity contribution in [3.8, 4) is 0 Å². The van der Waals surface area contributed by atoms with Crippen molar-refractivity contribution in [3.63, 3.8) is 0 Å². The van der Waals surface area contributed by atoms with Crippen LogP contribution in [0.5, 0.6) is 0 Å². The molecule has 0 unspecified atom stereocenters. The number of hydrogen-bond donors (Lipinski definition) is 0. The number of esters is 1. The number of aromatic nitrogens is 1. The Bertz CT molecular complexity index is 1120. The van der Waals surface area contributed by atoms with Crippen LogP contribution in [-0.2, 0) is 14.8 Å². The number of rotatable bonds is 3. The second-order valence-corrected chi connectivity index (χ2v) is 10.1. The van der Waals surface area contributed by atoms with Crippen LogP contribution in [0.1, 0.15) is 36.8 Å². The third-order valence-electron chi connectivity index (χ3n) is 3.92. The Labute approximate surface area is 172 Å². The normalized spacial score (nSPS) is 12.3. The van der Waals surface area contributed by atoms with Gasteiger partial charge < -0.3 is 4.74 Å². The van der Waals surface area contributed by atoms with E-state index in [2.05, 4.69) is 0 Å². The number of carbonyl (C=O) groups is 1. The molecule has 0 saturated heterocycles. The molecule has 0 radical (unpaired) electrons. The summed E-state index contributed by atoms with van der Waals surface area (Å²) in [5.41, 5.74) is 0.679. The molecule has 0 aliphatic heterocycles. The van der Waals surface area contributed by atoms with Crippen LogP contribution < -0.4 is 0 Å². The minimum absolute atomic E-state index is 0.0206. The number of fused-ring (bicyclic) bond motifs is 1. The molecule has 27 heavy (non-hydrogen) atoms. The highest BCUT2D eigenvalue weighted by molar-refractivity contribution is 14.1. The zero-order valence-electron chi connectivity index (χ0n) is 15.5. The number of hydrogen-bond acceptors (Lipinski definition) is 4. The first-order chi connectivity index (χ1) is 12.5. The van der Waals surface area contributed by atoms with Gasteiger partial charge in [-0.15, -0.1) is 0 Å². The maximum Gasteiger partial charge on any atom is 0.357 e. The van der Waals surface area contributed by atoms with Crippen LogP contribution >= 0.6 is 22.6 Å². The molecule has 0 spiro atoms. The summed E-state index contributed by atoms with van der Waals surface area (Å²) in [6.07, 6.45) is 0. The van der Waals surface area contributed by atoms with Crippen LogP contribution in [0.2, 0.25) is 0 Å². The lowest BCUT2D eigenvalue weighted by Gasteiger charge is -2.20. The van der Waals surface area contributed by atoms with Gasteiger partial charge in [0.15, 0.2) is 5.69 Å². The first-order valence-corrected chi connectivity index (χ1v) is 10.9. The largest absolute Gasteiger partial charge is 0.455 e. The Balaban J connectivity index is 2.32. The summed E-state index contributed by atoms with van der Waals surface area (Å²) < 4.78 is 34.0. The fourth-order valence-corrected chi connectivity index (χ4v) is 5.33. The van der Waals surface area contributed by atoms with E-state index in [0.29, 0.717) is 14.5 Å². The molecule has 0 amide bonds. The molecule has 5 nitrogen and oxygen atoms in total. The average molecular weight is 497 g/mol. The summed E-state index contributed by atoms with van der Waals surface area (Å²) in [5, 5.41) is 0.689. The summed E-state index contributed by atoms with van der Waals surface area (Å²) in [4.78, 5) is 13.0. The van der Waals surface area contributed by atoms with Crippen molar-refractivity contribution < 1.29 is 17.9 Å². The first kappa shape index (κ1) is 19.9. The van der Waals surface area contributed by atoms with Crippen molar-refractivity contribution in [1.82, 2.24) is 3.97 Å². The van der Waals surface area contributed by atoms with E-state index in [1.165, 1.54) is 0 Å². The highest BCUT2D eigenvalue weighted by Gasteiger charge is 2.32. The van der Waals surface area contributed by atoms with Gasteiger partial charge >= 0.3 is 5.97 Å². The molecule has 1 aromatic heterocycles.